The maximum Gasteiger partial charge on any atom is 0.264 e. The van der Waals surface area contributed by atoms with E-state index in [1.165, 1.54) is 29.2 Å². The normalized spacial score (nSPS) is 12.5. The minimum atomic E-state index is -4.21. The lowest BCUT2D eigenvalue weighted by Gasteiger charge is -2.35. The van der Waals surface area contributed by atoms with Gasteiger partial charge in [0.1, 0.15) is 18.4 Å². The number of rotatable bonds is 10. The fraction of sp³-hybridized carbons (Fsp3) is 0.355. The van der Waals surface area contributed by atoms with E-state index in [1.54, 1.807) is 12.1 Å². The number of nitrogens with zero attached hydrogens (tertiary/aromatic N) is 2. The topological polar surface area (TPSA) is 86.8 Å². The van der Waals surface area contributed by atoms with Crippen LogP contribution in [0.15, 0.2) is 77.7 Å². The molecule has 3 aromatic carbocycles. The maximum atomic E-state index is 14.1. The Labute approximate surface area is 237 Å². The van der Waals surface area contributed by atoms with Crippen molar-refractivity contribution in [1.82, 2.24) is 10.2 Å². The van der Waals surface area contributed by atoms with Crippen LogP contribution >= 0.6 is 0 Å². The molecule has 3 rings (SSSR count). The molecule has 0 spiro atoms. The number of carbonyl (C=O) groups is 2. The molecule has 0 unspecified atom stereocenters. The van der Waals surface area contributed by atoms with Crippen LogP contribution in [0.1, 0.15) is 50.8 Å². The van der Waals surface area contributed by atoms with Gasteiger partial charge in [-0.1, -0.05) is 48.9 Å². The number of halogens is 1. The van der Waals surface area contributed by atoms with Gasteiger partial charge in [-0.05, 0) is 88.6 Å². The molecule has 0 saturated heterocycles. The molecule has 7 nitrogen and oxygen atoms in total. The van der Waals surface area contributed by atoms with Crippen molar-refractivity contribution >= 4 is 27.5 Å². The summed E-state index contributed by atoms with van der Waals surface area (Å²) >= 11 is 0. The lowest BCUT2D eigenvalue weighted by atomic mass is 10.0. The average molecular weight is 568 g/mol. The Morgan fingerprint density at radius 1 is 0.925 bits per heavy atom. The monoisotopic (exact) mass is 567 g/mol. The average Bonchev–Trinajstić information content (AvgIpc) is 2.88. The van der Waals surface area contributed by atoms with Gasteiger partial charge in [-0.2, -0.15) is 0 Å². The third kappa shape index (κ3) is 7.69. The highest BCUT2D eigenvalue weighted by Crippen LogP contribution is 2.26. The molecule has 0 bridgehead atoms. The number of hydrogen-bond acceptors (Lipinski definition) is 4. The first-order valence-corrected chi connectivity index (χ1v) is 14.7. The number of amides is 2. The van der Waals surface area contributed by atoms with Gasteiger partial charge in [0.05, 0.1) is 10.6 Å². The summed E-state index contributed by atoms with van der Waals surface area (Å²) in [6, 6.07) is 17.9. The second-order valence-electron chi connectivity index (χ2n) is 10.9. The smallest absolute Gasteiger partial charge is 0.264 e. The molecule has 40 heavy (non-hydrogen) atoms. The first-order valence-electron chi connectivity index (χ1n) is 13.2. The number of nitrogens with one attached hydrogen (secondary N) is 1. The number of carbonyl (C=O) groups excluding carboxylic acids is 2. The van der Waals surface area contributed by atoms with Crippen LogP contribution in [-0.2, 0) is 26.2 Å². The van der Waals surface area contributed by atoms with Crippen molar-refractivity contribution in [2.24, 2.45) is 0 Å². The zero-order valence-electron chi connectivity index (χ0n) is 23.9. The molecule has 1 atom stereocenters. The molecule has 9 heteroatoms. The van der Waals surface area contributed by atoms with Crippen molar-refractivity contribution < 1.29 is 22.4 Å². The molecule has 2 amide bonds. The van der Waals surface area contributed by atoms with E-state index in [9.17, 15) is 22.4 Å². The van der Waals surface area contributed by atoms with Crippen LogP contribution < -0.4 is 9.62 Å². The number of hydrogen-bond donors (Lipinski definition) is 1. The van der Waals surface area contributed by atoms with E-state index in [-0.39, 0.29) is 23.0 Å². The first kappa shape index (κ1) is 30.8. The minimum absolute atomic E-state index is 0.00167. The summed E-state index contributed by atoms with van der Waals surface area (Å²) < 4.78 is 42.4. The van der Waals surface area contributed by atoms with Gasteiger partial charge in [-0.25, -0.2) is 12.8 Å². The van der Waals surface area contributed by atoms with Gasteiger partial charge in [0.2, 0.25) is 11.8 Å². The Bertz CT molecular complexity index is 1430. The Morgan fingerprint density at radius 3 is 2.08 bits per heavy atom. The van der Waals surface area contributed by atoms with E-state index in [4.69, 9.17) is 0 Å². The standard InChI is InChI=1S/C31H38FN3O4S/c1-7-28(30(37)33-31(4,5)6)34(20-24-11-9-8-10-23(24)3)29(36)21-35(26-16-14-25(32)15-17-26)40(38,39)27-18-12-22(2)13-19-27/h8-19,28H,7,20-21H2,1-6H3,(H,33,37)/t28-/m0/s1. The first-order chi connectivity index (χ1) is 18.7. The lowest BCUT2D eigenvalue weighted by molar-refractivity contribution is -0.141. The second-order valence-corrected chi connectivity index (χ2v) is 12.8. The molecule has 1 N–H and O–H groups in total. The van der Waals surface area contributed by atoms with E-state index in [1.807, 2.05) is 65.8 Å². The van der Waals surface area contributed by atoms with E-state index in [2.05, 4.69) is 5.32 Å². The molecule has 0 aliphatic rings. The minimum Gasteiger partial charge on any atom is -0.350 e. The summed E-state index contributed by atoms with van der Waals surface area (Å²) in [7, 11) is -4.21. The van der Waals surface area contributed by atoms with E-state index in [0.29, 0.717) is 6.42 Å². The Balaban J connectivity index is 2.08. The van der Waals surface area contributed by atoms with E-state index in [0.717, 1.165) is 33.1 Å². The van der Waals surface area contributed by atoms with Crippen LogP contribution in [0.2, 0.25) is 0 Å². The second kappa shape index (κ2) is 12.6. The molecule has 0 aliphatic heterocycles. The van der Waals surface area contributed by atoms with Crippen molar-refractivity contribution in [2.45, 2.75) is 71.0 Å². The van der Waals surface area contributed by atoms with Gasteiger partial charge in [0, 0.05) is 12.1 Å². The highest BCUT2D eigenvalue weighted by Gasteiger charge is 2.34. The van der Waals surface area contributed by atoms with Crippen molar-refractivity contribution in [3.63, 3.8) is 0 Å². The number of benzene rings is 3. The number of anilines is 1. The van der Waals surface area contributed by atoms with Gasteiger partial charge in [-0.15, -0.1) is 0 Å². The summed E-state index contributed by atoms with van der Waals surface area (Å²) in [5.41, 5.74) is 2.26. The molecular formula is C31H38FN3O4S. The zero-order chi connectivity index (χ0) is 29.7. The predicted molar refractivity (Wildman–Crippen MR) is 156 cm³/mol. The van der Waals surface area contributed by atoms with Crippen LogP contribution in [-0.4, -0.2) is 43.3 Å². The van der Waals surface area contributed by atoms with E-state index < -0.39 is 39.9 Å². The van der Waals surface area contributed by atoms with Crippen LogP contribution in [0.4, 0.5) is 10.1 Å². The third-order valence-electron chi connectivity index (χ3n) is 6.49. The molecule has 3 aromatic rings. The Morgan fingerprint density at radius 2 is 1.52 bits per heavy atom. The summed E-state index contributed by atoms with van der Waals surface area (Å²) in [5.74, 6) is -1.42. The Kier molecular flexibility index (Phi) is 9.73. The number of aryl methyl sites for hydroxylation is 2. The van der Waals surface area contributed by atoms with Crippen molar-refractivity contribution in [1.29, 1.82) is 0 Å². The molecule has 0 fully saturated rings. The summed E-state index contributed by atoms with van der Waals surface area (Å²) in [5, 5.41) is 2.95. The molecule has 214 valence electrons. The fourth-order valence-corrected chi connectivity index (χ4v) is 5.73. The molecule has 0 aliphatic carbocycles. The number of sulfonamides is 1. The van der Waals surface area contributed by atoms with Crippen molar-refractivity contribution in [2.75, 3.05) is 10.8 Å². The van der Waals surface area contributed by atoms with E-state index >= 15 is 0 Å². The molecule has 0 heterocycles. The Hall–Kier alpha value is -3.72. The predicted octanol–water partition coefficient (Wildman–Crippen LogP) is 5.36. The van der Waals surface area contributed by atoms with Crippen molar-refractivity contribution in [3.8, 4) is 0 Å². The van der Waals surface area contributed by atoms with Crippen molar-refractivity contribution in [3.05, 3.63) is 95.3 Å². The van der Waals surface area contributed by atoms with Gasteiger partial charge >= 0.3 is 0 Å². The fourth-order valence-electron chi connectivity index (χ4n) is 4.32. The SMILES string of the molecule is CC[C@@H](C(=O)NC(C)(C)C)N(Cc1ccccc1C)C(=O)CN(c1ccc(F)cc1)S(=O)(=O)c1ccc(C)cc1. The maximum absolute atomic E-state index is 14.1. The van der Waals surface area contributed by atoms with Gasteiger partial charge in [-0.3, -0.25) is 13.9 Å². The summed E-state index contributed by atoms with van der Waals surface area (Å²) in [6.45, 7) is 10.7. The molecule has 0 saturated carbocycles. The van der Waals surface area contributed by atoms with Crippen LogP contribution in [0.25, 0.3) is 0 Å². The van der Waals surface area contributed by atoms with Gasteiger partial charge in [0.25, 0.3) is 10.0 Å². The largest absolute Gasteiger partial charge is 0.350 e. The van der Waals surface area contributed by atoms with Crippen LogP contribution in [0.3, 0.4) is 0 Å². The highest BCUT2D eigenvalue weighted by atomic mass is 32.2. The quantitative estimate of drug-likeness (QED) is 0.357. The third-order valence-corrected chi connectivity index (χ3v) is 8.28. The van der Waals surface area contributed by atoms with Gasteiger partial charge < -0.3 is 10.2 Å². The van der Waals surface area contributed by atoms with Crippen LogP contribution in [0.5, 0.6) is 0 Å². The highest BCUT2D eigenvalue weighted by molar-refractivity contribution is 7.92. The molecule has 0 radical (unpaired) electrons. The molecular weight excluding hydrogens is 529 g/mol. The lowest BCUT2D eigenvalue weighted by Crippen LogP contribution is -2.55. The van der Waals surface area contributed by atoms with Crippen LogP contribution in [0, 0.1) is 19.7 Å². The zero-order valence-corrected chi connectivity index (χ0v) is 24.8. The summed E-state index contributed by atoms with van der Waals surface area (Å²) in [4.78, 5) is 28.9. The van der Waals surface area contributed by atoms with Gasteiger partial charge in [0.15, 0.2) is 0 Å². The molecule has 0 aromatic heterocycles. The summed E-state index contributed by atoms with van der Waals surface area (Å²) in [6.07, 6.45) is 0.320.